The van der Waals surface area contributed by atoms with Gasteiger partial charge in [0.1, 0.15) is 5.56 Å². The second kappa shape index (κ2) is 6.00. The number of carboxylic acids is 1. The highest BCUT2D eigenvalue weighted by Crippen LogP contribution is 2.19. The fraction of sp³-hybridized carbons (Fsp3) is 0.214. The van der Waals surface area contributed by atoms with Crippen LogP contribution in [-0.4, -0.2) is 21.3 Å². The van der Waals surface area contributed by atoms with E-state index < -0.39 is 5.97 Å². The first-order chi connectivity index (χ1) is 9.49. The van der Waals surface area contributed by atoms with Crippen molar-refractivity contribution >= 4 is 27.7 Å². The first kappa shape index (κ1) is 14.5. The largest absolute Gasteiger partial charge is 0.478 e. The Morgan fingerprint density at radius 3 is 2.75 bits per heavy atom. The van der Waals surface area contributed by atoms with Crippen molar-refractivity contribution in [3.05, 3.63) is 51.1 Å². The van der Waals surface area contributed by atoms with Gasteiger partial charge in [-0.2, -0.15) is 5.10 Å². The van der Waals surface area contributed by atoms with Crippen molar-refractivity contribution in [1.82, 2.24) is 10.2 Å². The van der Waals surface area contributed by atoms with E-state index in [4.69, 9.17) is 0 Å². The van der Waals surface area contributed by atoms with Crippen LogP contribution in [0.25, 0.3) is 0 Å². The van der Waals surface area contributed by atoms with Crippen LogP contribution in [0.1, 0.15) is 27.2 Å². The molecule has 0 amide bonds. The van der Waals surface area contributed by atoms with Gasteiger partial charge >= 0.3 is 5.97 Å². The summed E-state index contributed by atoms with van der Waals surface area (Å²) in [5.74, 6) is -0.710. The van der Waals surface area contributed by atoms with Crippen LogP contribution in [0.15, 0.2) is 28.7 Å². The minimum absolute atomic E-state index is 0.174. The fourth-order valence-corrected chi connectivity index (χ4v) is 2.27. The van der Waals surface area contributed by atoms with Crippen LogP contribution < -0.4 is 5.32 Å². The molecule has 0 unspecified atom stereocenters. The zero-order chi connectivity index (χ0) is 14.7. The summed E-state index contributed by atoms with van der Waals surface area (Å²) < 4.78 is 0.974. The molecule has 0 saturated carbocycles. The topological polar surface area (TPSA) is 75.1 Å². The van der Waals surface area contributed by atoms with Crippen molar-refractivity contribution in [2.24, 2.45) is 0 Å². The highest BCUT2D eigenvalue weighted by Gasteiger charge is 2.17. The number of halogens is 1. The third-order valence-electron chi connectivity index (χ3n) is 3.02. The molecule has 0 radical (unpaired) electrons. The maximum atomic E-state index is 11.3. The Kier molecular flexibility index (Phi) is 4.34. The third-order valence-corrected chi connectivity index (χ3v) is 3.51. The predicted octanol–water partition coefficient (Wildman–Crippen LogP) is 3.17. The molecule has 2 N–H and O–H groups in total. The van der Waals surface area contributed by atoms with Crippen molar-refractivity contribution in [3.8, 4) is 0 Å². The Morgan fingerprint density at radius 2 is 2.10 bits per heavy atom. The van der Waals surface area contributed by atoms with Gasteiger partial charge in [0.05, 0.1) is 5.69 Å². The number of hydrogen-bond donors (Lipinski definition) is 2. The summed E-state index contributed by atoms with van der Waals surface area (Å²) in [6.45, 7) is 3.96. The molecule has 0 aliphatic rings. The quantitative estimate of drug-likeness (QED) is 0.897. The molecule has 1 aromatic carbocycles. The first-order valence-corrected chi connectivity index (χ1v) is 6.84. The number of aromatic nitrogens is 2. The molecule has 104 valence electrons. The van der Waals surface area contributed by atoms with Crippen molar-refractivity contribution in [2.45, 2.75) is 20.4 Å². The number of hydrogen-bond acceptors (Lipinski definition) is 4. The van der Waals surface area contributed by atoms with E-state index in [1.165, 1.54) is 0 Å². The number of carboxylic acid groups (broad SMARTS) is 1. The number of carbonyl (C=O) groups is 1. The van der Waals surface area contributed by atoms with Crippen molar-refractivity contribution in [2.75, 3.05) is 5.32 Å². The van der Waals surface area contributed by atoms with Gasteiger partial charge in [-0.1, -0.05) is 28.1 Å². The van der Waals surface area contributed by atoms with Gasteiger partial charge in [0.2, 0.25) is 0 Å². The maximum Gasteiger partial charge on any atom is 0.339 e. The van der Waals surface area contributed by atoms with Gasteiger partial charge < -0.3 is 10.4 Å². The van der Waals surface area contributed by atoms with Crippen LogP contribution in [0.3, 0.4) is 0 Å². The van der Waals surface area contributed by atoms with E-state index in [1.54, 1.807) is 13.8 Å². The zero-order valence-corrected chi connectivity index (χ0v) is 12.7. The van der Waals surface area contributed by atoms with E-state index >= 15 is 0 Å². The molecule has 5 nitrogen and oxygen atoms in total. The molecule has 0 fully saturated rings. The van der Waals surface area contributed by atoms with E-state index in [0.717, 1.165) is 10.0 Å². The van der Waals surface area contributed by atoms with Crippen LogP contribution >= 0.6 is 15.9 Å². The van der Waals surface area contributed by atoms with Gasteiger partial charge in [0.15, 0.2) is 5.82 Å². The smallest absolute Gasteiger partial charge is 0.339 e. The predicted molar refractivity (Wildman–Crippen MR) is 79.9 cm³/mol. The van der Waals surface area contributed by atoms with E-state index in [-0.39, 0.29) is 5.56 Å². The summed E-state index contributed by atoms with van der Waals surface area (Å²) in [6, 6.07) is 7.77. The first-order valence-electron chi connectivity index (χ1n) is 6.04. The molecule has 1 aromatic heterocycles. The number of nitrogens with one attached hydrogen (secondary N) is 1. The Balaban J connectivity index is 2.26. The van der Waals surface area contributed by atoms with Gasteiger partial charge in [-0.25, -0.2) is 4.79 Å². The summed E-state index contributed by atoms with van der Waals surface area (Å²) in [6.07, 6.45) is 0. The number of aryl methyl sites for hydroxylation is 1. The number of anilines is 1. The lowest BCUT2D eigenvalue weighted by molar-refractivity contribution is 0.0696. The van der Waals surface area contributed by atoms with Gasteiger partial charge in [0, 0.05) is 11.0 Å². The van der Waals surface area contributed by atoms with E-state index in [2.05, 4.69) is 31.4 Å². The summed E-state index contributed by atoms with van der Waals surface area (Å²) in [7, 11) is 0. The standard InChI is InChI=1S/C14H14BrN3O2/c1-8-9(2)17-18-13(12(8)14(19)20)16-7-10-4-3-5-11(15)6-10/h3-6H,7H2,1-2H3,(H,16,18)(H,19,20). The van der Waals surface area contributed by atoms with Crippen LogP contribution in [0.4, 0.5) is 5.82 Å². The molecule has 0 aliphatic carbocycles. The molecular weight excluding hydrogens is 322 g/mol. The normalized spacial score (nSPS) is 10.3. The van der Waals surface area contributed by atoms with Crippen LogP contribution in [0.5, 0.6) is 0 Å². The van der Waals surface area contributed by atoms with Gasteiger partial charge in [-0.15, -0.1) is 5.10 Å². The summed E-state index contributed by atoms with van der Waals surface area (Å²) >= 11 is 3.40. The Labute approximate surface area is 125 Å². The molecule has 0 aliphatic heterocycles. The second-order valence-corrected chi connectivity index (χ2v) is 5.34. The zero-order valence-electron chi connectivity index (χ0n) is 11.1. The summed E-state index contributed by atoms with van der Waals surface area (Å²) in [4.78, 5) is 11.3. The van der Waals surface area contributed by atoms with Crippen molar-refractivity contribution in [3.63, 3.8) is 0 Å². The van der Waals surface area contributed by atoms with Gasteiger partial charge in [0.25, 0.3) is 0 Å². The molecule has 2 aromatic rings. The summed E-state index contributed by atoms with van der Waals surface area (Å²) in [5.41, 5.74) is 2.45. The Morgan fingerprint density at radius 1 is 1.35 bits per heavy atom. The minimum Gasteiger partial charge on any atom is -0.478 e. The monoisotopic (exact) mass is 335 g/mol. The van der Waals surface area contributed by atoms with Crippen molar-refractivity contribution < 1.29 is 9.90 Å². The average Bonchev–Trinajstić information content (AvgIpc) is 2.39. The van der Waals surface area contributed by atoms with Crippen molar-refractivity contribution in [1.29, 1.82) is 0 Å². The molecule has 0 spiro atoms. The number of benzene rings is 1. The maximum absolute atomic E-state index is 11.3. The molecule has 2 rings (SSSR count). The van der Waals surface area contributed by atoms with Crippen LogP contribution in [0, 0.1) is 13.8 Å². The molecule has 6 heteroatoms. The molecule has 0 bridgehead atoms. The average molecular weight is 336 g/mol. The van der Waals surface area contributed by atoms with E-state index in [0.29, 0.717) is 23.6 Å². The Hall–Kier alpha value is -1.95. The second-order valence-electron chi connectivity index (χ2n) is 4.42. The lowest BCUT2D eigenvalue weighted by Gasteiger charge is -2.11. The molecular formula is C14H14BrN3O2. The molecule has 20 heavy (non-hydrogen) atoms. The van der Waals surface area contributed by atoms with Gasteiger partial charge in [-0.05, 0) is 37.1 Å². The van der Waals surface area contributed by atoms with Gasteiger partial charge in [-0.3, -0.25) is 0 Å². The summed E-state index contributed by atoms with van der Waals surface area (Å²) in [5, 5.41) is 20.2. The van der Waals surface area contributed by atoms with Crippen LogP contribution in [0.2, 0.25) is 0 Å². The third kappa shape index (κ3) is 3.14. The lowest BCUT2D eigenvalue weighted by Crippen LogP contribution is -2.12. The SMILES string of the molecule is Cc1nnc(NCc2cccc(Br)c2)c(C(=O)O)c1C. The number of aromatic carboxylic acids is 1. The van der Waals surface area contributed by atoms with Crippen LogP contribution in [-0.2, 0) is 6.54 Å². The number of rotatable bonds is 4. The molecule has 0 saturated heterocycles. The minimum atomic E-state index is -1.00. The molecule has 0 atom stereocenters. The molecule has 1 heterocycles. The Bertz CT molecular complexity index is 659. The highest BCUT2D eigenvalue weighted by atomic mass is 79.9. The number of nitrogens with zero attached hydrogens (tertiary/aromatic N) is 2. The van der Waals surface area contributed by atoms with E-state index in [9.17, 15) is 9.90 Å². The lowest BCUT2D eigenvalue weighted by atomic mass is 10.1. The van der Waals surface area contributed by atoms with E-state index in [1.807, 2.05) is 24.3 Å². The highest BCUT2D eigenvalue weighted by molar-refractivity contribution is 9.10. The fourth-order valence-electron chi connectivity index (χ4n) is 1.83.